The largest absolute Gasteiger partial charge is 0.492 e. The molecular formula is C24H20N2O4S. The highest BCUT2D eigenvalue weighted by Gasteiger charge is 2.18. The van der Waals surface area contributed by atoms with E-state index in [9.17, 15) is 9.59 Å². The topological polar surface area (TPSA) is 77.5 Å². The monoisotopic (exact) mass is 432 g/mol. The van der Waals surface area contributed by atoms with Crippen LogP contribution in [-0.2, 0) is 9.53 Å². The van der Waals surface area contributed by atoms with Gasteiger partial charge in [-0.3, -0.25) is 4.79 Å². The molecule has 0 radical (unpaired) electrons. The Kier molecular flexibility index (Phi) is 6.24. The number of amides is 1. The van der Waals surface area contributed by atoms with E-state index in [0.29, 0.717) is 29.2 Å². The Balaban J connectivity index is 1.47. The normalized spacial score (nSPS) is 10.6. The Morgan fingerprint density at radius 2 is 1.71 bits per heavy atom. The van der Waals surface area contributed by atoms with Gasteiger partial charge in [0.25, 0.3) is 5.91 Å². The van der Waals surface area contributed by atoms with Crippen LogP contribution in [0.1, 0.15) is 17.3 Å². The minimum Gasteiger partial charge on any atom is -0.492 e. The molecule has 4 aromatic rings. The highest BCUT2D eigenvalue weighted by Crippen LogP contribution is 2.32. The number of anilines is 1. The fraction of sp³-hybridized carbons (Fsp3) is 0.125. The van der Waals surface area contributed by atoms with Gasteiger partial charge in [-0.1, -0.05) is 42.5 Å². The molecule has 1 heterocycles. The molecule has 0 fully saturated rings. The molecule has 7 heteroatoms. The summed E-state index contributed by atoms with van der Waals surface area (Å²) in [6.45, 7) is 1.93. The van der Waals surface area contributed by atoms with Gasteiger partial charge < -0.3 is 14.8 Å². The minimum absolute atomic E-state index is 0.365. The van der Waals surface area contributed by atoms with E-state index in [1.807, 2.05) is 49.4 Å². The predicted molar refractivity (Wildman–Crippen MR) is 122 cm³/mol. The van der Waals surface area contributed by atoms with Gasteiger partial charge in [-0.2, -0.15) is 0 Å². The Labute approximate surface area is 183 Å². The van der Waals surface area contributed by atoms with Crippen molar-refractivity contribution in [3.8, 4) is 16.3 Å². The number of nitrogens with one attached hydrogen (secondary N) is 1. The number of rotatable bonds is 7. The number of thiazole rings is 1. The summed E-state index contributed by atoms with van der Waals surface area (Å²) in [4.78, 5) is 29.7. The van der Waals surface area contributed by atoms with Crippen molar-refractivity contribution < 1.29 is 19.1 Å². The maximum Gasteiger partial charge on any atom is 0.339 e. The van der Waals surface area contributed by atoms with E-state index in [0.717, 1.165) is 15.2 Å². The van der Waals surface area contributed by atoms with E-state index in [2.05, 4.69) is 10.3 Å². The molecule has 1 amide bonds. The molecule has 0 spiro atoms. The number of hydrogen-bond donors (Lipinski definition) is 1. The Bertz CT molecular complexity index is 1200. The van der Waals surface area contributed by atoms with Gasteiger partial charge in [-0.15, -0.1) is 11.3 Å². The Morgan fingerprint density at radius 3 is 2.55 bits per heavy atom. The molecule has 0 saturated carbocycles. The molecule has 0 atom stereocenters. The number of esters is 1. The second-order valence-corrected chi connectivity index (χ2v) is 7.62. The Morgan fingerprint density at radius 1 is 0.968 bits per heavy atom. The van der Waals surface area contributed by atoms with Gasteiger partial charge >= 0.3 is 5.97 Å². The molecule has 6 nitrogen and oxygen atoms in total. The van der Waals surface area contributed by atoms with E-state index < -0.39 is 18.5 Å². The fourth-order valence-corrected chi connectivity index (χ4v) is 4.09. The first kappa shape index (κ1) is 20.6. The van der Waals surface area contributed by atoms with Crippen molar-refractivity contribution in [3.63, 3.8) is 0 Å². The van der Waals surface area contributed by atoms with E-state index in [4.69, 9.17) is 9.47 Å². The number of fused-ring (bicyclic) bond motifs is 1. The van der Waals surface area contributed by atoms with Gasteiger partial charge in [-0.05, 0) is 37.3 Å². The van der Waals surface area contributed by atoms with Crippen LogP contribution in [0.2, 0.25) is 0 Å². The molecular weight excluding hydrogens is 412 g/mol. The number of ether oxygens (including phenoxy) is 2. The van der Waals surface area contributed by atoms with Crippen LogP contribution in [0, 0.1) is 0 Å². The predicted octanol–water partition coefficient (Wildman–Crippen LogP) is 5.16. The highest BCUT2D eigenvalue weighted by atomic mass is 32.1. The van der Waals surface area contributed by atoms with Crippen LogP contribution >= 0.6 is 11.3 Å². The third-order valence-corrected chi connectivity index (χ3v) is 5.54. The summed E-state index contributed by atoms with van der Waals surface area (Å²) >= 11 is 1.50. The van der Waals surface area contributed by atoms with E-state index in [1.165, 1.54) is 11.3 Å². The van der Waals surface area contributed by atoms with Crippen LogP contribution in [0.25, 0.3) is 20.8 Å². The zero-order valence-electron chi connectivity index (χ0n) is 16.8. The molecule has 0 aliphatic heterocycles. The van der Waals surface area contributed by atoms with E-state index in [-0.39, 0.29) is 0 Å². The van der Waals surface area contributed by atoms with Crippen molar-refractivity contribution in [1.82, 2.24) is 4.98 Å². The van der Waals surface area contributed by atoms with Crippen LogP contribution < -0.4 is 10.1 Å². The van der Waals surface area contributed by atoms with Crippen molar-refractivity contribution in [1.29, 1.82) is 0 Å². The third-order valence-electron chi connectivity index (χ3n) is 4.47. The smallest absolute Gasteiger partial charge is 0.339 e. The van der Waals surface area contributed by atoms with Crippen LogP contribution in [0.5, 0.6) is 5.75 Å². The molecule has 0 unspecified atom stereocenters. The lowest BCUT2D eigenvalue weighted by molar-refractivity contribution is -0.119. The quantitative estimate of drug-likeness (QED) is 0.408. The number of hydrogen-bond acceptors (Lipinski definition) is 6. The van der Waals surface area contributed by atoms with E-state index >= 15 is 0 Å². The van der Waals surface area contributed by atoms with Crippen LogP contribution in [0.4, 0.5) is 5.69 Å². The molecule has 156 valence electrons. The lowest BCUT2D eigenvalue weighted by Crippen LogP contribution is -2.21. The van der Waals surface area contributed by atoms with Crippen molar-refractivity contribution in [3.05, 3.63) is 78.4 Å². The summed E-state index contributed by atoms with van der Waals surface area (Å²) < 4.78 is 11.8. The second kappa shape index (κ2) is 9.40. The minimum atomic E-state index is -0.580. The molecule has 0 aliphatic rings. The lowest BCUT2D eigenvalue weighted by Gasteiger charge is -2.12. The summed E-state index contributed by atoms with van der Waals surface area (Å²) in [5.41, 5.74) is 2.44. The molecule has 1 N–H and O–H groups in total. The number of nitrogens with zero attached hydrogens (tertiary/aromatic N) is 1. The van der Waals surface area contributed by atoms with Gasteiger partial charge in [0.2, 0.25) is 0 Å². The Hall–Kier alpha value is -3.71. The molecule has 0 aliphatic carbocycles. The summed E-state index contributed by atoms with van der Waals surface area (Å²) in [5.74, 6) is -0.466. The standard InChI is InChI=1S/C24H20N2O4S/c1-2-29-20-13-7-5-11-18(20)25-22(27)15-30-24(28)17-10-4-3-9-16(17)23-26-19-12-6-8-14-21(19)31-23/h3-14H,2,15H2,1H3,(H,25,27). The summed E-state index contributed by atoms with van der Waals surface area (Å²) in [7, 11) is 0. The lowest BCUT2D eigenvalue weighted by atomic mass is 10.1. The zero-order valence-corrected chi connectivity index (χ0v) is 17.6. The molecule has 3 aromatic carbocycles. The first-order chi connectivity index (χ1) is 15.2. The first-order valence-corrected chi connectivity index (χ1v) is 10.6. The van der Waals surface area contributed by atoms with Crippen molar-refractivity contribution in [2.45, 2.75) is 6.92 Å². The summed E-state index contributed by atoms with van der Waals surface area (Å²) in [6, 6.07) is 22.0. The van der Waals surface area contributed by atoms with Gasteiger partial charge in [0.1, 0.15) is 10.8 Å². The molecule has 0 bridgehead atoms. The third kappa shape index (κ3) is 4.73. The molecule has 0 saturated heterocycles. The van der Waals surface area contributed by atoms with Crippen molar-refractivity contribution in [2.75, 3.05) is 18.5 Å². The summed E-state index contributed by atoms with van der Waals surface area (Å²) in [5, 5.41) is 3.44. The van der Waals surface area contributed by atoms with Gasteiger partial charge in [0.15, 0.2) is 6.61 Å². The number of para-hydroxylation sites is 3. The summed E-state index contributed by atoms with van der Waals surface area (Å²) in [6.07, 6.45) is 0. The van der Waals surface area contributed by atoms with Gasteiger partial charge in [0, 0.05) is 5.56 Å². The average Bonchev–Trinajstić information content (AvgIpc) is 3.23. The van der Waals surface area contributed by atoms with E-state index in [1.54, 1.807) is 30.3 Å². The molecule has 1 aromatic heterocycles. The zero-order chi connectivity index (χ0) is 21.6. The number of carbonyl (C=O) groups is 2. The SMILES string of the molecule is CCOc1ccccc1NC(=O)COC(=O)c1ccccc1-c1nc2ccccc2s1. The van der Waals surface area contributed by atoms with Crippen molar-refractivity contribution in [2.24, 2.45) is 0 Å². The highest BCUT2D eigenvalue weighted by molar-refractivity contribution is 7.21. The van der Waals surface area contributed by atoms with Gasteiger partial charge in [-0.25, -0.2) is 9.78 Å². The van der Waals surface area contributed by atoms with Crippen molar-refractivity contribution >= 4 is 39.1 Å². The fourth-order valence-electron chi connectivity index (χ4n) is 3.08. The van der Waals surface area contributed by atoms with Crippen LogP contribution in [0.3, 0.4) is 0 Å². The van der Waals surface area contributed by atoms with Crippen LogP contribution in [0.15, 0.2) is 72.8 Å². The van der Waals surface area contributed by atoms with Crippen LogP contribution in [-0.4, -0.2) is 30.1 Å². The molecule has 4 rings (SSSR count). The first-order valence-electron chi connectivity index (χ1n) is 9.79. The molecule has 31 heavy (non-hydrogen) atoms. The number of benzene rings is 3. The number of aromatic nitrogens is 1. The average molecular weight is 433 g/mol. The maximum atomic E-state index is 12.7. The second-order valence-electron chi connectivity index (χ2n) is 6.59. The maximum absolute atomic E-state index is 12.7. The van der Waals surface area contributed by atoms with Gasteiger partial charge in [0.05, 0.1) is 28.1 Å². The number of carbonyl (C=O) groups excluding carboxylic acids is 2.